The van der Waals surface area contributed by atoms with Gasteiger partial charge < -0.3 is 20.4 Å². The van der Waals surface area contributed by atoms with Crippen LogP contribution < -0.4 is 15.4 Å². The third kappa shape index (κ3) is 4.47. The first-order valence-electron chi connectivity index (χ1n) is 8.81. The van der Waals surface area contributed by atoms with Gasteiger partial charge in [-0.3, -0.25) is 9.59 Å². The molecule has 6 heteroatoms. The van der Waals surface area contributed by atoms with E-state index in [0.717, 1.165) is 27.9 Å². The highest BCUT2D eigenvalue weighted by molar-refractivity contribution is 5.98. The van der Waals surface area contributed by atoms with Crippen molar-refractivity contribution in [2.24, 2.45) is 5.92 Å². The van der Waals surface area contributed by atoms with Gasteiger partial charge in [0.25, 0.3) is 5.91 Å². The number of aromatic nitrogens is 1. The highest BCUT2D eigenvalue weighted by atomic mass is 16.5. The van der Waals surface area contributed by atoms with Gasteiger partial charge in [0, 0.05) is 35.1 Å². The molecular formula is C21H23N3O3. The maximum atomic E-state index is 12.4. The van der Waals surface area contributed by atoms with Crippen LogP contribution in [0, 0.1) is 5.92 Å². The number of carbonyl (C=O) groups is 2. The van der Waals surface area contributed by atoms with Gasteiger partial charge in [0.05, 0.1) is 7.11 Å². The van der Waals surface area contributed by atoms with E-state index in [9.17, 15) is 9.59 Å². The van der Waals surface area contributed by atoms with Crippen LogP contribution in [0.15, 0.2) is 48.5 Å². The van der Waals surface area contributed by atoms with Crippen molar-refractivity contribution >= 4 is 28.4 Å². The van der Waals surface area contributed by atoms with E-state index >= 15 is 0 Å². The van der Waals surface area contributed by atoms with Gasteiger partial charge in [0.15, 0.2) is 0 Å². The quantitative estimate of drug-likeness (QED) is 0.623. The third-order valence-electron chi connectivity index (χ3n) is 4.27. The van der Waals surface area contributed by atoms with Crippen molar-refractivity contribution in [3.8, 4) is 5.75 Å². The number of fused-ring (bicyclic) bond motifs is 1. The Kier molecular flexibility index (Phi) is 5.45. The number of hydrogen-bond acceptors (Lipinski definition) is 3. The minimum Gasteiger partial charge on any atom is -0.497 e. The minimum atomic E-state index is -0.178. The fourth-order valence-corrected chi connectivity index (χ4v) is 2.63. The number of benzene rings is 2. The number of methoxy groups -OCH3 is 1. The van der Waals surface area contributed by atoms with Gasteiger partial charge in [-0.1, -0.05) is 26.0 Å². The molecule has 0 atom stereocenters. The Morgan fingerprint density at radius 2 is 1.81 bits per heavy atom. The summed E-state index contributed by atoms with van der Waals surface area (Å²) in [6.45, 7) is 4.09. The second-order valence-electron chi connectivity index (χ2n) is 6.66. The van der Waals surface area contributed by atoms with Crippen LogP contribution in [-0.4, -0.2) is 23.9 Å². The molecule has 0 saturated heterocycles. The van der Waals surface area contributed by atoms with Crippen LogP contribution in [-0.2, 0) is 11.3 Å². The van der Waals surface area contributed by atoms with Crippen LogP contribution >= 0.6 is 0 Å². The fourth-order valence-electron chi connectivity index (χ4n) is 2.63. The van der Waals surface area contributed by atoms with E-state index in [0.29, 0.717) is 12.2 Å². The topological polar surface area (TPSA) is 83.2 Å². The molecule has 0 fully saturated rings. The summed E-state index contributed by atoms with van der Waals surface area (Å²) in [4.78, 5) is 27.2. The number of ether oxygens (including phenoxy) is 1. The Hall–Kier alpha value is -3.28. The Labute approximate surface area is 157 Å². The molecule has 1 heterocycles. The van der Waals surface area contributed by atoms with Crippen LogP contribution in [0.2, 0.25) is 0 Å². The molecule has 3 N–H and O–H groups in total. The zero-order valence-corrected chi connectivity index (χ0v) is 15.6. The predicted octanol–water partition coefficient (Wildman–Crippen LogP) is 3.70. The zero-order chi connectivity index (χ0) is 19.4. The molecule has 2 aromatic carbocycles. The molecule has 0 unspecified atom stereocenters. The van der Waals surface area contributed by atoms with E-state index in [2.05, 4.69) is 15.6 Å². The molecule has 0 aliphatic carbocycles. The Balaban J connectivity index is 1.61. The molecule has 27 heavy (non-hydrogen) atoms. The monoisotopic (exact) mass is 365 g/mol. The minimum absolute atomic E-state index is 0.0218. The average molecular weight is 365 g/mol. The summed E-state index contributed by atoms with van der Waals surface area (Å²) in [7, 11) is 1.61. The van der Waals surface area contributed by atoms with E-state index in [4.69, 9.17) is 4.74 Å². The van der Waals surface area contributed by atoms with Crippen LogP contribution in [0.1, 0.15) is 29.9 Å². The average Bonchev–Trinajstić information content (AvgIpc) is 3.10. The Bertz CT molecular complexity index is 958. The lowest BCUT2D eigenvalue weighted by molar-refractivity contribution is -0.118. The van der Waals surface area contributed by atoms with Crippen LogP contribution in [0.4, 0.5) is 5.69 Å². The summed E-state index contributed by atoms with van der Waals surface area (Å²) in [6, 6.07) is 14.9. The van der Waals surface area contributed by atoms with Crippen LogP contribution in [0.25, 0.3) is 10.9 Å². The highest BCUT2D eigenvalue weighted by Crippen LogP contribution is 2.21. The number of anilines is 1. The Morgan fingerprint density at radius 3 is 2.48 bits per heavy atom. The zero-order valence-electron chi connectivity index (χ0n) is 15.6. The first kappa shape index (κ1) is 18.5. The van der Waals surface area contributed by atoms with Crippen LogP contribution in [0.3, 0.4) is 0 Å². The van der Waals surface area contributed by atoms with Crippen molar-refractivity contribution in [1.29, 1.82) is 0 Å². The first-order chi connectivity index (χ1) is 13.0. The lowest BCUT2D eigenvalue weighted by Gasteiger charge is -2.09. The van der Waals surface area contributed by atoms with Crippen molar-refractivity contribution in [3.63, 3.8) is 0 Å². The summed E-state index contributed by atoms with van der Waals surface area (Å²) >= 11 is 0. The number of rotatable bonds is 6. The van der Waals surface area contributed by atoms with Gasteiger partial charge >= 0.3 is 0 Å². The van der Waals surface area contributed by atoms with E-state index in [1.54, 1.807) is 7.11 Å². The molecule has 3 aromatic rings. The van der Waals surface area contributed by atoms with Crippen molar-refractivity contribution in [1.82, 2.24) is 10.3 Å². The largest absolute Gasteiger partial charge is 0.497 e. The number of hydrogen-bond donors (Lipinski definition) is 3. The lowest BCUT2D eigenvalue weighted by atomic mass is 10.1. The van der Waals surface area contributed by atoms with Crippen molar-refractivity contribution in [3.05, 3.63) is 59.8 Å². The van der Waals surface area contributed by atoms with Gasteiger partial charge in [0.1, 0.15) is 11.4 Å². The SMILES string of the molecule is COc1ccc2cc(C(=O)NCc3ccc(NC(=O)C(C)C)cc3)[nH]c2c1. The highest BCUT2D eigenvalue weighted by Gasteiger charge is 2.10. The maximum absolute atomic E-state index is 12.4. The molecule has 0 aliphatic heterocycles. The summed E-state index contributed by atoms with van der Waals surface area (Å²) in [6.07, 6.45) is 0. The summed E-state index contributed by atoms with van der Waals surface area (Å²) in [5.41, 5.74) is 3.04. The maximum Gasteiger partial charge on any atom is 0.267 e. The standard InChI is InChI=1S/C21H23N3O3/c1-13(2)20(25)23-16-7-4-14(5-8-16)12-22-21(26)19-10-15-6-9-17(27-3)11-18(15)24-19/h4-11,13,24H,12H2,1-3H3,(H,22,26)(H,23,25). The number of aromatic amines is 1. The number of H-pyrrole nitrogens is 1. The molecule has 0 radical (unpaired) electrons. The van der Waals surface area contributed by atoms with Gasteiger partial charge in [-0.05, 0) is 35.9 Å². The molecule has 1 aromatic heterocycles. The molecule has 2 amide bonds. The van der Waals surface area contributed by atoms with Crippen molar-refractivity contribution in [2.45, 2.75) is 20.4 Å². The molecule has 140 valence electrons. The number of amides is 2. The molecule has 0 aliphatic rings. The van der Waals surface area contributed by atoms with Gasteiger partial charge in [-0.2, -0.15) is 0 Å². The lowest BCUT2D eigenvalue weighted by Crippen LogP contribution is -2.23. The van der Waals surface area contributed by atoms with E-state index in [1.165, 1.54) is 0 Å². The summed E-state index contributed by atoms with van der Waals surface area (Å²) in [5, 5.41) is 6.69. The molecule has 0 spiro atoms. The van der Waals surface area contributed by atoms with Crippen molar-refractivity contribution < 1.29 is 14.3 Å². The second kappa shape index (κ2) is 7.95. The smallest absolute Gasteiger partial charge is 0.267 e. The number of nitrogens with one attached hydrogen (secondary N) is 3. The predicted molar refractivity (Wildman–Crippen MR) is 106 cm³/mol. The summed E-state index contributed by atoms with van der Waals surface area (Å²) in [5.74, 6) is 0.468. The van der Waals surface area contributed by atoms with E-state index < -0.39 is 0 Å². The van der Waals surface area contributed by atoms with Crippen molar-refractivity contribution in [2.75, 3.05) is 12.4 Å². The Morgan fingerprint density at radius 1 is 1.07 bits per heavy atom. The molecule has 3 rings (SSSR count). The van der Waals surface area contributed by atoms with E-state index in [-0.39, 0.29) is 17.7 Å². The molecule has 0 bridgehead atoms. The normalized spacial score (nSPS) is 10.8. The van der Waals surface area contributed by atoms with Gasteiger partial charge in [-0.15, -0.1) is 0 Å². The summed E-state index contributed by atoms with van der Waals surface area (Å²) < 4.78 is 5.20. The third-order valence-corrected chi connectivity index (χ3v) is 4.27. The molecule has 6 nitrogen and oxygen atoms in total. The van der Waals surface area contributed by atoms with Gasteiger partial charge in [-0.25, -0.2) is 0 Å². The number of carbonyl (C=O) groups excluding carboxylic acids is 2. The van der Waals surface area contributed by atoms with Gasteiger partial charge in [0.2, 0.25) is 5.91 Å². The van der Waals surface area contributed by atoms with E-state index in [1.807, 2.05) is 62.4 Å². The first-order valence-corrected chi connectivity index (χ1v) is 8.81. The fraction of sp³-hybridized carbons (Fsp3) is 0.238. The second-order valence-corrected chi connectivity index (χ2v) is 6.66. The molecular weight excluding hydrogens is 342 g/mol. The molecule has 0 saturated carbocycles. The van der Waals surface area contributed by atoms with Crippen LogP contribution in [0.5, 0.6) is 5.75 Å².